The summed E-state index contributed by atoms with van der Waals surface area (Å²) >= 11 is 5.97. The maximum Gasteiger partial charge on any atom is 0.0724 e. The van der Waals surface area contributed by atoms with E-state index in [4.69, 9.17) is 16.3 Å². The van der Waals surface area contributed by atoms with E-state index in [1.165, 1.54) is 31.2 Å². The lowest BCUT2D eigenvalue weighted by molar-refractivity contribution is 0.0807. The van der Waals surface area contributed by atoms with Gasteiger partial charge in [0.25, 0.3) is 0 Å². The summed E-state index contributed by atoms with van der Waals surface area (Å²) in [6.07, 6.45) is 6.33. The van der Waals surface area contributed by atoms with E-state index in [2.05, 4.69) is 24.4 Å². The third kappa shape index (κ3) is 3.95. The van der Waals surface area contributed by atoms with Gasteiger partial charge in [0.15, 0.2) is 0 Å². The van der Waals surface area contributed by atoms with Gasteiger partial charge >= 0.3 is 0 Å². The van der Waals surface area contributed by atoms with Gasteiger partial charge in [0.05, 0.1) is 6.10 Å². The third-order valence-corrected chi connectivity index (χ3v) is 4.27. The first-order chi connectivity index (χ1) is 9.24. The van der Waals surface area contributed by atoms with Crippen LogP contribution in [0, 0.1) is 0 Å². The first kappa shape index (κ1) is 14.8. The molecule has 0 aliphatic heterocycles. The summed E-state index contributed by atoms with van der Waals surface area (Å²) in [6, 6.07) is 9.10. The van der Waals surface area contributed by atoms with Gasteiger partial charge in [-0.15, -0.1) is 0 Å². The molecular formula is C16H24ClNO. The Hall–Kier alpha value is -0.570. The molecule has 0 spiro atoms. The van der Waals surface area contributed by atoms with E-state index < -0.39 is 0 Å². The van der Waals surface area contributed by atoms with E-state index in [1.807, 2.05) is 19.2 Å². The van der Waals surface area contributed by atoms with Crippen LogP contribution in [0.15, 0.2) is 24.3 Å². The average Bonchev–Trinajstić information content (AvgIpc) is 2.86. The Balaban J connectivity index is 2.05. The van der Waals surface area contributed by atoms with Crippen LogP contribution >= 0.6 is 11.6 Å². The summed E-state index contributed by atoms with van der Waals surface area (Å²) in [6.45, 7) is 2.23. The zero-order chi connectivity index (χ0) is 13.7. The number of methoxy groups -OCH3 is 1. The highest BCUT2D eigenvalue weighted by atomic mass is 35.5. The minimum atomic E-state index is 0.367. The molecule has 1 aliphatic rings. The van der Waals surface area contributed by atoms with Crippen molar-refractivity contribution in [2.24, 2.45) is 0 Å². The molecule has 106 valence electrons. The number of hydrogen-bond donors (Lipinski definition) is 1. The zero-order valence-electron chi connectivity index (χ0n) is 11.9. The van der Waals surface area contributed by atoms with Gasteiger partial charge in [-0.1, -0.05) is 37.1 Å². The molecule has 0 saturated heterocycles. The van der Waals surface area contributed by atoms with Crippen molar-refractivity contribution in [3.63, 3.8) is 0 Å². The van der Waals surface area contributed by atoms with Crippen molar-refractivity contribution in [3.8, 4) is 0 Å². The summed E-state index contributed by atoms with van der Waals surface area (Å²) in [7, 11) is 1.82. The fourth-order valence-electron chi connectivity index (χ4n) is 2.99. The van der Waals surface area contributed by atoms with Crippen LogP contribution in [0.1, 0.15) is 50.6 Å². The molecule has 0 radical (unpaired) electrons. The van der Waals surface area contributed by atoms with Crippen molar-refractivity contribution in [1.29, 1.82) is 0 Å². The van der Waals surface area contributed by atoms with Gasteiger partial charge in [-0.05, 0) is 43.4 Å². The molecule has 0 heterocycles. The van der Waals surface area contributed by atoms with Gasteiger partial charge in [0, 0.05) is 24.2 Å². The number of rotatable bonds is 6. The standard InChI is InChI=1S/C16H24ClNO/c1-3-5-14(12-8-10-13(17)11-9-12)18-15-6-4-7-16(15)19-2/h8-11,14-16,18H,3-7H2,1-2H3. The molecule has 0 amide bonds. The summed E-state index contributed by atoms with van der Waals surface area (Å²) in [4.78, 5) is 0. The molecular weight excluding hydrogens is 258 g/mol. The van der Waals surface area contributed by atoms with Crippen LogP contribution in [0.5, 0.6) is 0 Å². The molecule has 3 heteroatoms. The molecule has 1 aliphatic carbocycles. The molecule has 19 heavy (non-hydrogen) atoms. The van der Waals surface area contributed by atoms with Crippen molar-refractivity contribution in [3.05, 3.63) is 34.9 Å². The van der Waals surface area contributed by atoms with E-state index in [1.54, 1.807) is 0 Å². The summed E-state index contributed by atoms with van der Waals surface area (Å²) in [5.74, 6) is 0. The summed E-state index contributed by atoms with van der Waals surface area (Å²) in [5, 5.41) is 4.59. The van der Waals surface area contributed by atoms with Gasteiger partial charge in [-0.25, -0.2) is 0 Å². The second-order valence-corrected chi connectivity index (χ2v) is 5.81. The first-order valence-electron chi connectivity index (χ1n) is 7.29. The predicted molar refractivity (Wildman–Crippen MR) is 80.7 cm³/mol. The minimum Gasteiger partial charge on any atom is -0.380 e. The Bertz CT molecular complexity index is 379. The minimum absolute atomic E-state index is 0.367. The highest BCUT2D eigenvalue weighted by Crippen LogP contribution is 2.27. The van der Waals surface area contributed by atoms with Crippen LogP contribution in [0.2, 0.25) is 5.02 Å². The van der Waals surface area contributed by atoms with Crippen LogP contribution in [0.3, 0.4) is 0 Å². The Morgan fingerprint density at radius 3 is 2.68 bits per heavy atom. The van der Waals surface area contributed by atoms with Crippen molar-refractivity contribution in [1.82, 2.24) is 5.32 Å². The fourth-order valence-corrected chi connectivity index (χ4v) is 3.11. The molecule has 1 aromatic rings. The van der Waals surface area contributed by atoms with Gasteiger partial charge in [0.2, 0.25) is 0 Å². The maximum absolute atomic E-state index is 5.97. The monoisotopic (exact) mass is 281 g/mol. The van der Waals surface area contributed by atoms with E-state index in [0.717, 1.165) is 11.4 Å². The SMILES string of the molecule is CCCC(NC1CCCC1OC)c1ccc(Cl)cc1. The van der Waals surface area contributed by atoms with Crippen LogP contribution in [-0.2, 0) is 4.74 Å². The Labute approximate surface area is 121 Å². The smallest absolute Gasteiger partial charge is 0.0724 e. The number of ether oxygens (including phenoxy) is 1. The highest BCUT2D eigenvalue weighted by molar-refractivity contribution is 6.30. The molecule has 2 rings (SSSR count). The van der Waals surface area contributed by atoms with Gasteiger partial charge in [-0.2, -0.15) is 0 Å². The molecule has 0 bridgehead atoms. The second-order valence-electron chi connectivity index (χ2n) is 5.37. The molecule has 1 N–H and O–H groups in total. The van der Waals surface area contributed by atoms with Crippen LogP contribution in [-0.4, -0.2) is 19.3 Å². The van der Waals surface area contributed by atoms with Crippen molar-refractivity contribution in [2.75, 3.05) is 7.11 Å². The van der Waals surface area contributed by atoms with Crippen molar-refractivity contribution in [2.45, 2.75) is 57.2 Å². The molecule has 1 saturated carbocycles. The van der Waals surface area contributed by atoms with Crippen LogP contribution in [0.25, 0.3) is 0 Å². The molecule has 3 atom stereocenters. The second kappa shape index (κ2) is 7.28. The fraction of sp³-hybridized carbons (Fsp3) is 0.625. The maximum atomic E-state index is 5.97. The normalized spacial score (nSPS) is 24.6. The van der Waals surface area contributed by atoms with Crippen LogP contribution in [0.4, 0.5) is 0 Å². The van der Waals surface area contributed by atoms with E-state index in [0.29, 0.717) is 18.2 Å². The number of benzene rings is 1. The summed E-state index contributed by atoms with van der Waals surface area (Å²) in [5.41, 5.74) is 1.33. The molecule has 0 aromatic heterocycles. The molecule has 3 unspecified atom stereocenters. The third-order valence-electron chi connectivity index (χ3n) is 4.02. The van der Waals surface area contributed by atoms with E-state index >= 15 is 0 Å². The first-order valence-corrected chi connectivity index (χ1v) is 7.66. The summed E-state index contributed by atoms with van der Waals surface area (Å²) < 4.78 is 5.57. The van der Waals surface area contributed by atoms with Crippen molar-refractivity contribution < 1.29 is 4.74 Å². The quantitative estimate of drug-likeness (QED) is 0.838. The van der Waals surface area contributed by atoms with Gasteiger partial charge < -0.3 is 10.1 Å². The Morgan fingerprint density at radius 2 is 2.05 bits per heavy atom. The highest BCUT2D eigenvalue weighted by Gasteiger charge is 2.29. The van der Waals surface area contributed by atoms with Crippen molar-refractivity contribution >= 4 is 11.6 Å². The molecule has 1 aromatic carbocycles. The lowest BCUT2D eigenvalue weighted by atomic mass is 10.0. The van der Waals surface area contributed by atoms with Gasteiger partial charge in [-0.3, -0.25) is 0 Å². The molecule has 2 nitrogen and oxygen atoms in total. The lowest BCUT2D eigenvalue weighted by Gasteiger charge is -2.27. The topological polar surface area (TPSA) is 21.3 Å². The average molecular weight is 282 g/mol. The number of halogens is 1. The lowest BCUT2D eigenvalue weighted by Crippen LogP contribution is -2.39. The van der Waals surface area contributed by atoms with Crippen LogP contribution < -0.4 is 5.32 Å². The largest absolute Gasteiger partial charge is 0.380 e. The van der Waals surface area contributed by atoms with Gasteiger partial charge in [0.1, 0.15) is 0 Å². The Morgan fingerprint density at radius 1 is 1.32 bits per heavy atom. The zero-order valence-corrected chi connectivity index (χ0v) is 12.6. The number of hydrogen-bond acceptors (Lipinski definition) is 2. The van der Waals surface area contributed by atoms with E-state index in [-0.39, 0.29) is 0 Å². The molecule has 1 fully saturated rings. The Kier molecular flexibility index (Phi) is 5.68. The predicted octanol–water partition coefficient (Wildman–Crippen LogP) is 4.34. The van der Waals surface area contributed by atoms with E-state index in [9.17, 15) is 0 Å². The number of nitrogens with one attached hydrogen (secondary N) is 1.